The van der Waals surface area contributed by atoms with Gasteiger partial charge in [-0.3, -0.25) is 4.79 Å². The maximum atomic E-state index is 14.0. The van der Waals surface area contributed by atoms with Gasteiger partial charge in [-0.2, -0.15) is 0 Å². The molecule has 0 aliphatic heterocycles. The van der Waals surface area contributed by atoms with Crippen molar-refractivity contribution >= 4 is 29.0 Å². The minimum Gasteiger partial charge on any atom is -0.352 e. The van der Waals surface area contributed by atoms with Crippen LogP contribution in [0.5, 0.6) is 0 Å². The average molecular weight is 376 g/mol. The molecule has 1 fully saturated rings. The molecular weight excluding hydrogens is 353 g/mol. The molecule has 1 saturated carbocycles. The van der Waals surface area contributed by atoms with Crippen LogP contribution >= 0.6 is 11.6 Å². The Morgan fingerprint density at radius 2 is 2.12 bits per heavy atom. The molecule has 0 unspecified atom stereocenters. The molecule has 26 heavy (non-hydrogen) atoms. The molecule has 1 aliphatic carbocycles. The van der Waals surface area contributed by atoms with Crippen LogP contribution < -0.4 is 10.6 Å². The van der Waals surface area contributed by atoms with E-state index in [1.165, 1.54) is 25.3 Å². The van der Waals surface area contributed by atoms with Crippen LogP contribution in [0.1, 0.15) is 54.9 Å². The first-order chi connectivity index (χ1) is 12.4. The van der Waals surface area contributed by atoms with E-state index in [1.807, 2.05) is 13.8 Å². The number of pyridine rings is 1. The van der Waals surface area contributed by atoms with Crippen LogP contribution in [0.25, 0.3) is 0 Å². The molecular formula is C20H23ClFN3O. The van der Waals surface area contributed by atoms with E-state index in [9.17, 15) is 9.18 Å². The monoisotopic (exact) mass is 375 g/mol. The molecule has 0 saturated heterocycles. The van der Waals surface area contributed by atoms with Crippen molar-refractivity contribution in [2.24, 2.45) is 5.92 Å². The van der Waals surface area contributed by atoms with Gasteiger partial charge in [-0.05, 0) is 54.5 Å². The fourth-order valence-corrected chi connectivity index (χ4v) is 3.12. The molecule has 2 aromatic rings. The molecule has 0 spiro atoms. The molecule has 1 aromatic carbocycles. The summed E-state index contributed by atoms with van der Waals surface area (Å²) in [6.07, 6.45) is 5.18. The smallest absolute Gasteiger partial charge is 0.253 e. The second-order valence-electron chi connectivity index (χ2n) is 7.07. The van der Waals surface area contributed by atoms with Crippen molar-refractivity contribution in [1.82, 2.24) is 10.3 Å². The number of hydrogen-bond donors (Lipinski definition) is 2. The number of benzene rings is 1. The van der Waals surface area contributed by atoms with Crippen molar-refractivity contribution in [3.8, 4) is 0 Å². The summed E-state index contributed by atoms with van der Waals surface area (Å²) in [5, 5.41) is 6.30. The highest BCUT2D eigenvalue weighted by Crippen LogP contribution is 2.27. The van der Waals surface area contributed by atoms with Gasteiger partial charge in [0.1, 0.15) is 11.6 Å². The van der Waals surface area contributed by atoms with Gasteiger partial charge >= 0.3 is 0 Å². The largest absolute Gasteiger partial charge is 0.352 e. The summed E-state index contributed by atoms with van der Waals surface area (Å²) in [5.74, 6) is 0.678. The van der Waals surface area contributed by atoms with E-state index in [2.05, 4.69) is 15.6 Å². The lowest BCUT2D eigenvalue weighted by molar-refractivity contribution is 0.0937. The van der Waals surface area contributed by atoms with Crippen molar-refractivity contribution in [3.63, 3.8) is 0 Å². The Balaban J connectivity index is 1.78. The molecule has 0 radical (unpaired) electrons. The number of rotatable bonds is 6. The number of carbonyl (C=O) groups excluding carboxylic acids is 1. The Kier molecular flexibility index (Phi) is 5.77. The molecule has 4 nitrogen and oxygen atoms in total. The SMILES string of the molecule is CC(C)c1cc(Nc2ccc(Cl)cc2F)ncc1C(=O)NCC1CCC1. The van der Waals surface area contributed by atoms with Gasteiger partial charge in [-0.25, -0.2) is 9.37 Å². The highest BCUT2D eigenvalue weighted by molar-refractivity contribution is 6.30. The maximum Gasteiger partial charge on any atom is 0.253 e. The Labute approximate surface area is 158 Å². The molecule has 3 rings (SSSR count). The predicted molar refractivity (Wildman–Crippen MR) is 103 cm³/mol. The summed E-state index contributed by atoms with van der Waals surface area (Å²) in [6, 6.07) is 6.22. The normalized spacial score (nSPS) is 14.2. The molecule has 2 N–H and O–H groups in total. The molecule has 0 bridgehead atoms. The van der Waals surface area contributed by atoms with Gasteiger partial charge < -0.3 is 10.6 Å². The highest BCUT2D eigenvalue weighted by atomic mass is 35.5. The van der Waals surface area contributed by atoms with E-state index in [4.69, 9.17) is 11.6 Å². The number of hydrogen-bond acceptors (Lipinski definition) is 3. The summed E-state index contributed by atoms with van der Waals surface area (Å²) in [4.78, 5) is 16.8. The van der Waals surface area contributed by atoms with Gasteiger partial charge in [0.05, 0.1) is 11.3 Å². The van der Waals surface area contributed by atoms with Crippen LogP contribution in [0.4, 0.5) is 15.9 Å². The van der Waals surface area contributed by atoms with E-state index in [0.717, 1.165) is 5.56 Å². The van der Waals surface area contributed by atoms with Crippen molar-refractivity contribution in [2.75, 3.05) is 11.9 Å². The number of aromatic nitrogens is 1. The van der Waals surface area contributed by atoms with Gasteiger partial charge in [-0.15, -0.1) is 0 Å². The number of amides is 1. The second-order valence-corrected chi connectivity index (χ2v) is 7.50. The Bertz CT molecular complexity index is 806. The van der Waals surface area contributed by atoms with E-state index < -0.39 is 5.82 Å². The zero-order chi connectivity index (χ0) is 18.7. The number of nitrogens with zero attached hydrogens (tertiary/aromatic N) is 1. The van der Waals surface area contributed by atoms with E-state index in [-0.39, 0.29) is 11.8 Å². The topological polar surface area (TPSA) is 54.0 Å². The van der Waals surface area contributed by atoms with Crippen LogP contribution in [0.15, 0.2) is 30.5 Å². The highest BCUT2D eigenvalue weighted by Gasteiger charge is 2.20. The average Bonchev–Trinajstić information content (AvgIpc) is 2.55. The third-order valence-corrected chi connectivity index (χ3v) is 5.01. The minimum absolute atomic E-state index is 0.0997. The van der Waals surface area contributed by atoms with Crippen LogP contribution in [-0.4, -0.2) is 17.4 Å². The maximum absolute atomic E-state index is 14.0. The van der Waals surface area contributed by atoms with Crippen LogP contribution in [-0.2, 0) is 0 Å². The molecule has 1 aromatic heterocycles. The fourth-order valence-electron chi connectivity index (χ4n) is 2.96. The zero-order valence-electron chi connectivity index (χ0n) is 15.0. The molecule has 1 heterocycles. The summed E-state index contributed by atoms with van der Waals surface area (Å²) >= 11 is 5.78. The number of carbonyl (C=O) groups is 1. The summed E-state index contributed by atoms with van der Waals surface area (Å²) in [6.45, 7) is 4.75. The van der Waals surface area contributed by atoms with E-state index in [0.29, 0.717) is 34.6 Å². The molecule has 1 aliphatic rings. The Hall–Kier alpha value is -2.14. The third-order valence-electron chi connectivity index (χ3n) is 4.77. The second kappa shape index (κ2) is 8.04. The summed E-state index contributed by atoms with van der Waals surface area (Å²) < 4.78 is 14.0. The summed E-state index contributed by atoms with van der Waals surface area (Å²) in [7, 11) is 0. The van der Waals surface area contributed by atoms with Crippen LogP contribution in [0, 0.1) is 11.7 Å². The lowest BCUT2D eigenvalue weighted by Crippen LogP contribution is -2.32. The Morgan fingerprint density at radius 1 is 1.35 bits per heavy atom. The third kappa shape index (κ3) is 4.33. The van der Waals surface area contributed by atoms with Gasteiger partial charge in [-0.1, -0.05) is 31.9 Å². The first kappa shape index (κ1) is 18.6. The molecule has 0 atom stereocenters. The van der Waals surface area contributed by atoms with Crippen molar-refractivity contribution in [3.05, 3.63) is 52.4 Å². The van der Waals surface area contributed by atoms with Crippen molar-refractivity contribution < 1.29 is 9.18 Å². The van der Waals surface area contributed by atoms with Gasteiger partial charge in [0.2, 0.25) is 0 Å². The standard InChI is InChI=1S/C20H23ClFN3O/c1-12(2)15-9-19(25-18-7-6-14(21)8-17(18)22)23-11-16(15)20(26)24-10-13-4-3-5-13/h6-9,11-13H,3-5,10H2,1-2H3,(H,23,25)(H,24,26). The number of nitrogens with one attached hydrogen (secondary N) is 2. The number of halogens is 2. The molecule has 6 heteroatoms. The van der Waals surface area contributed by atoms with Gasteiger partial charge in [0.15, 0.2) is 0 Å². The fraction of sp³-hybridized carbons (Fsp3) is 0.400. The van der Waals surface area contributed by atoms with Gasteiger partial charge in [0, 0.05) is 17.8 Å². The lowest BCUT2D eigenvalue weighted by Gasteiger charge is -2.25. The minimum atomic E-state index is -0.451. The predicted octanol–water partition coefficient (Wildman–Crippen LogP) is 5.27. The van der Waals surface area contributed by atoms with Crippen LogP contribution in [0.3, 0.4) is 0 Å². The molecule has 1 amide bonds. The Morgan fingerprint density at radius 3 is 2.73 bits per heavy atom. The van der Waals surface area contributed by atoms with E-state index >= 15 is 0 Å². The van der Waals surface area contributed by atoms with Crippen molar-refractivity contribution in [1.29, 1.82) is 0 Å². The first-order valence-electron chi connectivity index (χ1n) is 8.94. The quantitative estimate of drug-likeness (QED) is 0.723. The zero-order valence-corrected chi connectivity index (χ0v) is 15.7. The first-order valence-corrected chi connectivity index (χ1v) is 9.32. The summed E-state index contributed by atoms with van der Waals surface area (Å²) in [5.41, 5.74) is 1.74. The molecule has 138 valence electrons. The van der Waals surface area contributed by atoms with Gasteiger partial charge in [0.25, 0.3) is 5.91 Å². The van der Waals surface area contributed by atoms with Crippen LogP contribution in [0.2, 0.25) is 5.02 Å². The lowest BCUT2D eigenvalue weighted by atomic mass is 9.85. The van der Waals surface area contributed by atoms with Crippen molar-refractivity contribution in [2.45, 2.75) is 39.0 Å². The number of anilines is 2. The van der Waals surface area contributed by atoms with E-state index in [1.54, 1.807) is 24.4 Å².